The third-order valence-corrected chi connectivity index (χ3v) is 4.01. The van der Waals surface area contributed by atoms with E-state index in [-0.39, 0.29) is 6.42 Å². The van der Waals surface area contributed by atoms with Gasteiger partial charge in [0.2, 0.25) is 0 Å². The molecular formula is C9H11BrF3NS. The molecule has 1 aromatic heterocycles. The van der Waals surface area contributed by atoms with Crippen molar-refractivity contribution in [2.24, 2.45) is 5.73 Å². The topological polar surface area (TPSA) is 26.0 Å². The Balaban J connectivity index is 2.61. The van der Waals surface area contributed by atoms with Gasteiger partial charge in [-0.25, -0.2) is 0 Å². The Labute approximate surface area is 98.6 Å². The van der Waals surface area contributed by atoms with Crippen LogP contribution >= 0.6 is 27.3 Å². The van der Waals surface area contributed by atoms with Gasteiger partial charge in [-0.15, -0.1) is 11.3 Å². The van der Waals surface area contributed by atoms with E-state index in [2.05, 4.69) is 15.9 Å². The molecule has 0 saturated carbocycles. The largest absolute Gasteiger partial charge is 0.389 e. The number of halogens is 4. The standard InChI is InChI=1S/C9H11BrF3NS/c1-5-4-6(10)8(15-5)7(14)2-3-9(11,12)13/h4,7H,2-3,14H2,1H3. The highest BCUT2D eigenvalue weighted by Crippen LogP contribution is 2.34. The summed E-state index contributed by atoms with van der Waals surface area (Å²) >= 11 is 4.72. The van der Waals surface area contributed by atoms with Crippen LogP contribution < -0.4 is 5.73 Å². The van der Waals surface area contributed by atoms with Crippen LogP contribution in [0.1, 0.15) is 28.6 Å². The molecule has 1 atom stereocenters. The minimum absolute atomic E-state index is 0.0674. The predicted octanol–water partition coefficient (Wildman–Crippen LogP) is 4.16. The zero-order valence-electron chi connectivity index (χ0n) is 8.07. The summed E-state index contributed by atoms with van der Waals surface area (Å²) in [5, 5.41) is 0. The predicted molar refractivity (Wildman–Crippen MR) is 59.0 cm³/mol. The second-order valence-electron chi connectivity index (χ2n) is 3.33. The van der Waals surface area contributed by atoms with E-state index in [4.69, 9.17) is 5.73 Å². The first-order valence-electron chi connectivity index (χ1n) is 4.38. The van der Waals surface area contributed by atoms with E-state index in [0.717, 1.165) is 14.2 Å². The van der Waals surface area contributed by atoms with Gasteiger partial charge in [0, 0.05) is 26.7 Å². The fourth-order valence-corrected chi connectivity index (χ4v) is 3.19. The zero-order chi connectivity index (χ0) is 11.6. The molecule has 0 aromatic carbocycles. The molecule has 0 aliphatic rings. The molecule has 0 fully saturated rings. The van der Waals surface area contributed by atoms with Crippen molar-refractivity contribution in [3.63, 3.8) is 0 Å². The number of rotatable bonds is 3. The monoisotopic (exact) mass is 301 g/mol. The summed E-state index contributed by atoms with van der Waals surface area (Å²) in [7, 11) is 0. The van der Waals surface area contributed by atoms with Crippen LogP contribution in [0.15, 0.2) is 10.5 Å². The molecule has 0 bridgehead atoms. The van der Waals surface area contributed by atoms with Crippen LogP contribution in [0.4, 0.5) is 13.2 Å². The number of nitrogens with two attached hydrogens (primary N) is 1. The molecule has 1 nitrogen and oxygen atoms in total. The smallest absolute Gasteiger partial charge is 0.323 e. The molecule has 1 unspecified atom stereocenters. The van der Waals surface area contributed by atoms with Crippen molar-refractivity contribution in [2.75, 3.05) is 0 Å². The van der Waals surface area contributed by atoms with Gasteiger partial charge in [-0.05, 0) is 35.3 Å². The second-order valence-corrected chi connectivity index (χ2v) is 5.47. The first kappa shape index (κ1) is 13.0. The molecule has 0 aliphatic heterocycles. The third kappa shape index (κ3) is 4.12. The summed E-state index contributed by atoms with van der Waals surface area (Å²) in [5.74, 6) is 0. The second kappa shape index (κ2) is 4.84. The molecule has 0 spiro atoms. The maximum Gasteiger partial charge on any atom is 0.389 e. The van der Waals surface area contributed by atoms with Crippen molar-refractivity contribution in [2.45, 2.75) is 32.0 Å². The molecule has 1 rings (SSSR count). The number of alkyl halides is 3. The summed E-state index contributed by atoms with van der Waals surface area (Å²) in [4.78, 5) is 1.83. The van der Waals surface area contributed by atoms with Gasteiger partial charge in [-0.2, -0.15) is 13.2 Å². The van der Waals surface area contributed by atoms with Crippen molar-refractivity contribution in [1.29, 1.82) is 0 Å². The van der Waals surface area contributed by atoms with Gasteiger partial charge in [0.1, 0.15) is 0 Å². The minimum Gasteiger partial charge on any atom is -0.323 e. The number of thiophene rings is 1. The van der Waals surface area contributed by atoms with Crippen LogP contribution in [0.5, 0.6) is 0 Å². The Morgan fingerprint density at radius 3 is 2.53 bits per heavy atom. The fourth-order valence-electron chi connectivity index (χ4n) is 1.20. The van der Waals surface area contributed by atoms with Crippen LogP contribution in [0.25, 0.3) is 0 Å². The van der Waals surface area contributed by atoms with Crippen molar-refractivity contribution in [3.8, 4) is 0 Å². The highest BCUT2D eigenvalue weighted by molar-refractivity contribution is 9.10. The molecule has 15 heavy (non-hydrogen) atoms. The molecule has 6 heteroatoms. The Morgan fingerprint density at radius 1 is 1.53 bits per heavy atom. The van der Waals surface area contributed by atoms with Crippen LogP contribution in [0.3, 0.4) is 0 Å². The molecular weight excluding hydrogens is 291 g/mol. The first-order chi connectivity index (χ1) is 6.79. The number of hydrogen-bond acceptors (Lipinski definition) is 2. The van der Waals surface area contributed by atoms with Gasteiger partial charge in [0.15, 0.2) is 0 Å². The van der Waals surface area contributed by atoms with E-state index in [1.54, 1.807) is 0 Å². The lowest BCUT2D eigenvalue weighted by atomic mass is 10.1. The molecule has 0 amide bonds. The van der Waals surface area contributed by atoms with E-state index >= 15 is 0 Å². The van der Waals surface area contributed by atoms with Gasteiger partial charge in [-0.1, -0.05) is 0 Å². The van der Waals surface area contributed by atoms with Crippen LogP contribution in [0.2, 0.25) is 0 Å². The van der Waals surface area contributed by atoms with Crippen LogP contribution in [0, 0.1) is 6.92 Å². The Morgan fingerprint density at radius 2 is 2.13 bits per heavy atom. The van der Waals surface area contributed by atoms with Gasteiger partial charge >= 0.3 is 6.18 Å². The van der Waals surface area contributed by atoms with Crippen molar-refractivity contribution < 1.29 is 13.2 Å². The molecule has 86 valence electrons. The molecule has 1 aromatic rings. The van der Waals surface area contributed by atoms with E-state index < -0.39 is 18.6 Å². The van der Waals surface area contributed by atoms with E-state index in [0.29, 0.717) is 0 Å². The summed E-state index contributed by atoms with van der Waals surface area (Å²) < 4.78 is 36.7. The Kier molecular flexibility index (Phi) is 4.20. The van der Waals surface area contributed by atoms with Crippen molar-refractivity contribution in [1.82, 2.24) is 0 Å². The highest BCUT2D eigenvalue weighted by Gasteiger charge is 2.28. The van der Waals surface area contributed by atoms with Crippen molar-refractivity contribution >= 4 is 27.3 Å². The van der Waals surface area contributed by atoms with Crippen LogP contribution in [-0.4, -0.2) is 6.18 Å². The van der Waals surface area contributed by atoms with E-state index in [9.17, 15) is 13.2 Å². The SMILES string of the molecule is Cc1cc(Br)c(C(N)CCC(F)(F)F)s1. The molecule has 0 radical (unpaired) electrons. The molecule has 0 aliphatic carbocycles. The average molecular weight is 302 g/mol. The summed E-state index contributed by atoms with van der Waals surface area (Å²) in [5.41, 5.74) is 5.70. The average Bonchev–Trinajstić information content (AvgIpc) is 2.40. The van der Waals surface area contributed by atoms with Crippen molar-refractivity contribution in [3.05, 3.63) is 20.3 Å². The lowest BCUT2D eigenvalue weighted by Gasteiger charge is -2.12. The number of aryl methyl sites for hydroxylation is 1. The highest BCUT2D eigenvalue weighted by atomic mass is 79.9. The zero-order valence-corrected chi connectivity index (χ0v) is 10.5. The van der Waals surface area contributed by atoms with Gasteiger partial charge in [0.25, 0.3) is 0 Å². The molecule has 1 heterocycles. The lowest BCUT2D eigenvalue weighted by molar-refractivity contribution is -0.136. The summed E-state index contributed by atoms with van der Waals surface area (Å²) in [6.45, 7) is 1.90. The van der Waals surface area contributed by atoms with Gasteiger partial charge < -0.3 is 5.73 Å². The number of hydrogen-bond donors (Lipinski definition) is 1. The van der Waals surface area contributed by atoms with E-state index in [1.165, 1.54) is 11.3 Å². The Hall–Kier alpha value is -0.0700. The van der Waals surface area contributed by atoms with Crippen LogP contribution in [-0.2, 0) is 0 Å². The van der Waals surface area contributed by atoms with E-state index in [1.807, 2.05) is 13.0 Å². The van der Waals surface area contributed by atoms with Gasteiger partial charge in [0.05, 0.1) is 0 Å². The maximum atomic E-state index is 12.0. The third-order valence-electron chi connectivity index (χ3n) is 1.91. The maximum absolute atomic E-state index is 12.0. The summed E-state index contributed by atoms with van der Waals surface area (Å²) in [6.07, 6.45) is -5.03. The fraction of sp³-hybridized carbons (Fsp3) is 0.556. The summed E-state index contributed by atoms with van der Waals surface area (Å²) in [6, 6.07) is 1.33. The quantitative estimate of drug-likeness (QED) is 0.891. The molecule has 0 saturated heterocycles. The lowest BCUT2D eigenvalue weighted by Crippen LogP contribution is -2.15. The normalized spacial score (nSPS) is 14.3. The van der Waals surface area contributed by atoms with Gasteiger partial charge in [-0.3, -0.25) is 0 Å². The first-order valence-corrected chi connectivity index (χ1v) is 5.98. The molecule has 2 N–H and O–H groups in total. The minimum atomic E-state index is -4.13. The Bertz CT molecular complexity index is 335.